The van der Waals surface area contributed by atoms with E-state index in [4.69, 9.17) is 24.7 Å². The standard InChI is InChI=1S/C17H18N4O4/c1-22-8-12-15-14(10-6-9(23-2)4-5-13(10)24-3)11(7-18)16(19)25-17(15)21-20-12/h4-6,14H,8,19H2,1-3H3,(H,20,21). The van der Waals surface area contributed by atoms with Gasteiger partial charge >= 0.3 is 0 Å². The Morgan fingerprint density at radius 3 is 2.76 bits per heavy atom. The molecule has 130 valence electrons. The zero-order valence-corrected chi connectivity index (χ0v) is 14.1. The summed E-state index contributed by atoms with van der Waals surface area (Å²) in [5, 5.41) is 16.7. The number of nitriles is 1. The third kappa shape index (κ3) is 2.75. The van der Waals surface area contributed by atoms with Crippen LogP contribution in [0.4, 0.5) is 0 Å². The molecule has 2 aromatic rings. The number of benzene rings is 1. The first-order chi connectivity index (χ1) is 12.1. The van der Waals surface area contributed by atoms with Crippen molar-refractivity contribution >= 4 is 0 Å². The summed E-state index contributed by atoms with van der Waals surface area (Å²) in [6.45, 7) is 0.285. The van der Waals surface area contributed by atoms with Crippen molar-refractivity contribution in [3.8, 4) is 23.4 Å². The average Bonchev–Trinajstić information content (AvgIpc) is 3.02. The van der Waals surface area contributed by atoms with Crippen LogP contribution in [0.1, 0.15) is 22.7 Å². The molecule has 1 atom stereocenters. The predicted octanol–water partition coefficient (Wildman–Crippen LogP) is 1.79. The Bertz CT molecular complexity index is 866. The van der Waals surface area contributed by atoms with Gasteiger partial charge in [0.2, 0.25) is 11.8 Å². The lowest BCUT2D eigenvalue weighted by Crippen LogP contribution is -2.21. The normalized spacial score (nSPS) is 16.0. The summed E-state index contributed by atoms with van der Waals surface area (Å²) < 4.78 is 21.5. The number of hydrogen-bond donors (Lipinski definition) is 2. The summed E-state index contributed by atoms with van der Waals surface area (Å²) in [4.78, 5) is 0. The molecule has 1 aliphatic rings. The number of nitrogens with one attached hydrogen (secondary N) is 1. The quantitative estimate of drug-likeness (QED) is 0.851. The first-order valence-corrected chi connectivity index (χ1v) is 7.50. The number of nitrogens with two attached hydrogens (primary N) is 1. The molecule has 0 radical (unpaired) electrons. The van der Waals surface area contributed by atoms with Gasteiger partial charge in [-0.3, -0.25) is 5.10 Å². The third-order valence-corrected chi connectivity index (χ3v) is 4.05. The van der Waals surface area contributed by atoms with Crippen molar-refractivity contribution in [3.05, 3.63) is 46.5 Å². The molecule has 0 aliphatic carbocycles. The highest BCUT2D eigenvalue weighted by molar-refractivity contribution is 5.59. The van der Waals surface area contributed by atoms with Crippen molar-refractivity contribution in [2.45, 2.75) is 12.5 Å². The van der Waals surface area contributed by atoms with Crippen LogP contribution in [0, 0.1) is 11.3 Å². The Morgan fingerprint density at radius 1 is 1.32 bits per heavy atom. The second-order valence-corrected chi connectivity index (χ2v) is 5.39. The minimum absolute atomic E-state index is 0.0142. The number of aromatic nitrogens is 2. The summed E-state index contributed by atoms with van der Waals surface area (Å²) in [6, 6.07) is 7.52. The van der Waals surface area contributed by atoms with Gasteiger partial charge in [0.25, 0.3) is 0 Å². The molecule has 0 saturated heterocycles. The van der Waals surface area contributed by atoms with E-state index in [2.05, 4.69) is 16.3 Å². The molecular formula is C17H18N4O4. The Morgan fingerprint density at radius 2 is 2.12 bits per heavy atom. The molecule has 2 heterocycles. The SMILES string of the molecule is COCc1[nH]nc2c1C(c1cc(OC)ccc1OC)C(C#N)=C(N)O2. The van der Waals surface area contributed by atoms with Gasteiger partial charge in [-0.15, -0.1) is 5.10 Å². The first kappa shape index (κ1) is 16.7. The maximum Gasteiger partial charge on any atom is 0.244 e. The van der Waals surface area contributed by atoms with Crippen LogP contribution in [-0.2, 0) is 11.3 Å². The zero-order valence-electron chi connectivity index (χ0n) is 14.1. The Hall–Kier alpha value is -3.18. The Balaban J connectivity index is 2.27. The van der Waals surface area contributed by atoms with Gasteiger partial charge in [-0.25, -0.2) is 0 Å². The van der Waals surface area contributed by atoms with Crippen LogP contribution in [0.25, 0.3) is 0 Å². The lowest BCUT2D eigenvalue weighted by atomic mass is 9.83. The minimum atomic E-state index is -0.511. The van der Waals surface area contributed by atoms with Gasteiger partial charge in [-0.05, 0) is 18.2 Å². The van der Waals surface area contributed by atoms with E-state index in [1.165, 1.54) is 0 Å². The predicted molar refractivity (Wildman–Crippen MR) is 88.1 cm³/mol. The molecule has 25 heavy (non-hydrogen) atoms. The topological polar surface area (TPSA) is 115 Å². The third-order valence-electron chi connectivity index (χ3n) is 4.05. The van der Waals surface area contributed by atoms with E-state index in [9.17, 15) is 5.26 Å². The van der Waals surface area contributed by atoms with Crippen LogP contribution in [0.15, 0.2) is 29.7 Å². The molecule has 8 heteroatoms. The summed E-state index contributed by atoms with van der Waals surface area (Å²) in [5.74, 6) is 1.06. The number of ether oxygens (including phenoxy) is 4. The van der Waals surface area contributed by atoms with Crippen LogP contribution >= 0.6 is 0 Å². The number of hydrogen-bond acceptors (Lipinski definition) is 7. The fourth-order valence-corrected chi connectivity index (χ4v) is 2.94. The molecule has 1 aliphatic heterocycles. The highest BCUT2D eigenvalue weighted by Crippen LogP contribution is 2.46. The van der Waals surface area contributed by atoms with Gasteiger partial charge in [-0.1, -0.05) is 0 Å². The van der Waals surface area contributed by atoms with Crippen molar-refractivity contribution in [2.75, 3.05) is 21.3 Å². The van der Waals surface area contributed by atoms with Gasteiger partial charge in [0.15, 0.2) is 0 Å². The fraction of sp³-hybridized carbons (Fsp3) is 0.294. The Labute approximate surface area is 144 Å². The Kier molecular flexibility index (Phi) is 4.50. The smallest absolute Gasteiger partial charge is 0.244 e. The monoisotopic (exact) mass is 342 g/mol. The molecule has 3 N–H and O–H groups in total. The van der Waals surface area contributed by atoms with Crippen molar-refractivity contribution in [2.24, 2.45) is 5.73 Å². The molecule has 0 fully saturated rings. The van der Waals surface area contributed by atoms with E-state index >= 15 is 0 Å². The van der Waals surface area contributed by atoms with E-state index in [0.29, 0.717) is 28.6 Å². The lowest BCUT2D eigenvalue weighted by Gasteiger charge is -2.25. The van der Waals surface area contributed by atoms with Crippen LogP contribution in [0.5, 0.6) is 17.4 Å². The maximum absolute atomic E-state index is 9.67. The molecule has 0 saturated carbocycles. The van der Waals surface area contributed by atoms with Crippen molar-refractivity contribution in [1.29, 1.82) is 5.26 Å². The number of rotatable bonds is 5. The number of H-pyrrole nitrogens is 1. The molecule has 1 aromatic carbocycles. The summed E-state index contributed by atoms with van der Waals surface area (Å²) in [6.07, 6.45) is 0. The van der Waals surface area contributed by atoms with Gasteiger partial charge in [-0.2, -0.15) is 5.26 Å². The molecule has 3 rings (SSSR count). The number of methoxy groups -OCH3 is 3. The van der Waals surface area contributed by atoms with Gasteiger partial charge in [0, 0.05) is 12.7 Å². The molecule has 1 unspecified atom stereocenters. The lowest BCUT2D eigenvalue weighted by molar-refractivity contribution is 0.180. The van der Waals surface area contributed by atoms with Gasteiger partial charge in [0.1, 0.15) is 23.1 Å². The zero-order chi connectivity index (χ0) is 18.0. The fourth-order valence-electron chi connectivity index (χ4n) is 2.94. The van der Waals surface area contributed by atoms with Crippen LogP contribution in [0.2, 0.25) is 0 Å². The largest absolute Gasteiger partial charge is 0.497 e. The van der Waals surface area contributed by atoms with E-state index < -0.39 is 5.92 Å². The van der Waals surface area contributed by atoms with Crippen LogP contribution < -0.4 is 19.9 Å². The maximum atomic E-state index is 9.67. The van der Waals surface area contributed by atoms with E-state index in [-0.39, 0.29) is 18.1 Å². The van der Waals surface area contributed by atoms with Gasteiger partial charge < -0.3 is 24.7 Å². The summed E-state index contributed by atoms with van der Waals surface area (Å²) in [5.41, 5.74) is 8.35. The average molecular weight is 342 g/mol. The highest BCUT2D eigenvalue weighted by Gasteiger charge is 2.36. The molecular weight excluding hydrogens is 324 g/mol. The molecule has 0 bridgehead atoms. The molecule has 0 amide bonds. The van der Waals surface area contributed by atoms with Crippen LogP contribution in [-0.4, -0.2) is 31.5 Å². The molecule has 1 aromatic heterocycles. The van der Waals surface area contributed by atoms with E-state index in [1.54, 1.807) is 33.5 Å². The summed E-state index contributed by atoms with van der Waals surface area (Å²) >= 11 is 0. The van der Waals surface area contributed by atoms with Crippen molar-refractivity contribution in [1.82, 2.24) is 10.2 Å². The highest BCUT2D eigenvalue weighted by atomic mass is 16.5. The minimum Gasteiger partial charge on any atom is -0.497 e. The van der Waals surface area contributed by atoms with Gasteiger partial charge in [0.05, 0.1) is 38.0 Å². The second-order valence-electron chi connectivity index (χ2n) is 5.39. The molecule has 8 nitrogen and oxygen atoms in total. The van der Waals surface area contributed by atoms with E-state index in [1.807, 2.05) is 6.07 Å². The molecule has 0 spiro atoms. The first-order valence-electron chi connectivity index (χ1n) is 7.50. The van der Waals surface area contributed by atoms with E-state index in [0.717, 1.165) is 5.56 Å². The number of fused-ring (bicyclic) bond motifs is 1. The van der Waals surface area contributed by atoms with Crippen molar-refractivity contribution < 1.29 is 18.9 Å². The number of allylic oxidation sites excluding steroid dienone is 1. The summed E-state index contributed by atoms with van der Waals surface area (Å²) in [7, 11) is 4.72. The van der Waals surface area contributed by atoms with Crippen LogP contribution in [0.3, 0.4) is 0 Å². The number of aromatic amines is 1. The number of nitrogens with zero attached hydrogens (tertiary/aromatic N) is 2. The second kappa shape index (κ2) is 6.75. The van der Waals surface area contributed by atoms with Crippen molar-refractivity contribution in [3.63, 3.8) is 0 Å².